The summed E-state index contributed by atoms with van der Waals surface area (Å²) in [4.78, 5) is 25.8. The fourth-order valence-corrected chi connectivity index (χ4v) is 8.03. The Morgan fingerprint density at radius 1 is 0.455 bits per heavy atom. The predicted octanol–water partition coefficient (Wildman–Crippen LogP) is 13.2. The molecule has 0 amide bonds. The summed E-state index contributed by atoms with van der Waals surface area (Å²) in [5.74, 6) is 1.30. The van der Waals surface area contributed by atoms with Gasteiger partial charge in [0.15, 0.2) is 0 Å². The molecule has 0 fully saturated rings. The molecule has 5 aromatic rings. The lowest BCUT2D eigenvalue weighted by Gasteiger charge is -2.11. The minimum absolute atomic E-state index is 0.192. The van der Waals surface area contributed by atoms with Gasteiger partial charge in [-0.05, 0) is 168 Å². The zero-order valence-corrected chi connectivity index (χ0v) is 39.4. The van der Waals surface area contributed by atoms with Crippen LogP contribution in [0.25, 0.3) is 0 Å². The van der Waals surface area contributed by atoms with Crippen LogP contribution in [0.1, 0.15) is 117 Å². The highest BCUT2D eigenvalue weighted by Crippen LogP contribution is 2.26. The largest absolute Gasteiger partial charge is 0.494 e. The first-order valence-corrected chi connectivity index (χ1v) is 24.6. The fourth-order valence-electron chi connectivity index (χ4n) is 6.77. The average Bonchev–Trinajstić information content (AvgIpc) is 3.34. The summed E-state index contributed by atoms with van der Waals surface area (Å²) >= 11 is 0. The minimum atomic E-state index is -3.68. The number of hydrogen-bond donors (Lipinski definition) is 0. The van der Waals surface area contributed by atoms with E-state index in [1.165, 1.54) is 38.0 Å². The molecule has 0 spiro atoms. The first-order chi connectivity index (χ1) is 32.1. The summed E-state index contributed by atoms with van der Waals surface area (Å²) in [7, 11) is -2.40. The van der Waals surface area contributed by atoms with Crippen LogP contribution >= 0.6 is 0 Å². The molecule has 0 unspecified atom stereocenters. The Balaban J connectivity index is 0.929. The van der Waals surface area contributed by atoms with Gasteiger partial charge < -0.3 is 28.4 Å². The van der Waals surface area contributed by atoms with E-state index in [-0.39, 0.29) is 27.5 Å². The average molecular weight is 921 g/mol. The van der Waals surface area contributed by atoms with Crippen molar-refractivity contribution in [3.63, 3.8) is 0 Å². The van der Waals surface area contributed by atoms with Crippen LogP contribution in [0.2, 0.25) is 0 Å². The molecule has 0 N–H and O–H groups in total. The molecular weight excluding hydrogens is 857 g/mol. The van der Waals surface area contributed by atoms with Gasteiger partial charge in [-0.1, -0.05) is 50.3 Å². The van der Waals surface area contributed by atoms with Gasteiger partial charge in [0.2, 0.25) is 9.84 Å². The van der Waals surface area contributed by atoms with Crippen molar-refractivity contribution < 1.29 is 46.4 Å². The van der Waals surface area contributed by atoms with Crippen molar-refractivity contribution in [2.24, 2.45) is 10.2 Å². The second-order valence-corrected chi connectivity index (χ2v) is 17.9. The maximum atomic E-state index is 13.2. The second kappa shape index (κ2) is 28.0. The van der Waals surface area contributed by atoms with E-state index in [0.717, 1.165) is 74.9 Å². The van der Waals surface area contributed by atoms with Crippen molar-refractivity contribution in [3.8, 4) is 23.0 Å². The van der Waals surface area contributed by atoms with Crippen molar-refractivity contribution in [1.82, 2.24) is 0 Å². The fraction of sp³-hybridized carbons (Fsp3) is 0.396. The number of aryl methyl sites for hydroxylation is 1. The molecule has 5 aromatic carbocycles. The van der Waals surface area contributed by atoms with Crippen molar-refractivity contribution in [1.29, 1.82) is 0 Å². The van der Waals surface area contributed by atoms with E-state index >= 15 is 0 Å². The standard InChI is InChI=1S/C53H64N2O10S/c1-4-5-6-7-12-33-62-47-25-29-50(30-26-47)66(58,59)51-31-27-48(28-32-51)63-35-14-10-11-16-37-65-53(57)43-38-42(52(56)60-3)39-49(40-43)64-36-15-9-8-13-34-61-46-23-21-45(22-24-46)55-54-44-19-17-41(2)18-20-44/h17-32,38-40H,4-16,33-37H2,1-3H3/b55-54+. The number of carbonyl (C=O) groups excluding carboxylic acids is 2. The molecule has 0 saturated carbocycles. The van der Waals surface area contributed by atoms with E-state index < -0.39 is 21.8 Å². The molecule has 0 radical (unpaired) electrons. The van der Waals surface area contributed by atoms with Crippen molar-refractivity contribution in [2.45, 2.75) is 107 Å². The van der Waals surface area contributed by atoms with Crippen molar-refractivity contribution >= 4 is 33.2 Å². The summed E-state index contributed by atoms with van der Waals surface area (Å²) < 4.78 is 60.3. The Hall–Kier alpha value is -6.21. The van der Waals surface area contributed by atoms with Gasteiger partial charge in [0, 0.05) is 0 Å². The molecule has 0 aliphatic heterocycles. The number of ether oxygens (including phenoxy) is 6. The lowest BCUT2D eigenvalue weighted by Crippen LogP contribution is -2.10. The van der Waals surface area contributed by atoms with Gasteiger partial charge in [-0.2, -0.15) is 10.2 Å². The maximum Gasteiger partial charge on any atom is 0.338 e. The molecule has 352 valence electrons. The van der Waals surface area contributed by atoms with Gasteiger partial charge in [0.1, 0.15) is 23.0 Å². The van der Waals surface area contributed by atoms with E-state index in [1.807, 2.05) is 55.5 Å². The van der Waals surface area contributed by atoms with Crippen LogP contribution in [0.5, 0.6) is 23.0 Å². The Morgan fingerprint density at radius 2 is 0.833 bits per heavy atom. The Bertz CT molecular complexity index is 2350. The minimum Gasteiger partial charge on any atom is -0.494 e. The van der Waals surface area contributed by atoms with Gasteiger partial charge in [-0.25, -0.2) is 18.0 Å². The smallest absolute Gasteiger partial charge is 0.338 e. The molecule has 0 aromatic heterocycles. The normalized spacial score (nSPS) is 11.3. The van der Waals surface area contributed by atoms with Crippen molar-refractivity contribution in [3.05, 3.63) is 132 Å². The first-order valence-electron chi connectivity index (χ1n) is 23.1. The summed E-state index contributed by atoms with van der Waals surface area (Å²) in [5.41, 5.74) is 3.15. The van der Waals surface area contributed by atoms with Crippen LogP contribution < -0.4 is 18.9 Å². The predicted molar refractivity (Wildman–Crippen MR) is 256 cm³/mol. The summed E-state index contributed by atoms with van der Waals surface area (Å²) in [6, 6.07) is 33.0. The quantitative estimate of drug-likeness (QED) is 0.0247. The number of rotatable bonds is 30. The van der Waals surface area contributed by atoms with Gasteiger partial charge in [0.25, 0.3) is 0 Å². The second-order valence-electron chi connectivity index (χ2n) is 16.0. The zero-order valence-electron chi connectivity index (χ0n) is 38.6. The summed E-state index contributed by atoms with van der Waals surface area (Å²) in [6.45, 7) is 6.52. The van der Waals surface area contributed by atoms with Crippen LogP contribution in [0.3, 0.4) is 0 Å². The van der Waals surface area contributed by atoms with E-state index in [4.69, 9.17) is 28.4 Å². The Kier molecular flexibility index (Phi) is 21.5. The molecule has 5 rings (SSSR count). The summed E-state index contributed by atoms with van der Waals surface area (Å²) in [6.07, 6.45) is 12.4. The molecule has 0 atom stereocenters. The van der Waals surface area contributed by atoms with Crippen LogP contribution in [-0.2, 0) is 19.3 Å². The molecule has 66 heavy (non-hydrogen) atoms. The third kappa shape index (κ3) is 17.6. The number of azo groups is 1. The highest BCUT2D eigenvalue weighted by atomic mass is 32.2. The number of benzene rings is 5. The third-order valence-corrected chi connectivity index (χ3v) is 12.4. The number of esters is 2. The molecule has 0 bridgehead atoms. The lowest BCUT2D eigenvalue weighted by molar-refractivity contribution is 0.0496. The highest BCUT2D eigenvalue weighted by Gasteiger charge is 2.18. The lowest BCUT2D eigenvalue weighted by atomic mass is 10.1. The van der Waals surface area contributed by atoms with E-state index in [1.54, 1.807) is 60.7 Å². The molecule has 12 nitrogen and oxygen atoms in total. The molecule has 0 aliphatic carbocycles. The number of unbranched alkanes of at least 4 members (excludes halogenated alkanes) is 10. The molecule has 0 saturated heterocycles. The van der Waals surface area contributed by atoms with E-state index in [9.17, 15) is 18.0 Å². The molecule has 0 aliphatic rings. The Labute approximate surface area is 390 Å². The number of carbonyl (C=O) groups is 2. The number of hydrogen-bond acceptors (Lipinski definition) is 12. The third-order valence-electron chi connectivity index (χ3n) is 10.6. The van der Waals surface area contributed by atoms with Gasteiger partial charge in [0.05, 0.1) is 72.4 Å². The van der Waals surface area contributed by atoms with Crippen LogP contribution in [0, 0.1) is 6.92 Å². The van der Waals surface area contributed by atoms with Crippen molar-refractivity contribution in [2.75, 3.05) is 40.1 Å². The van der Waals surface area contributed by atoms with Crippen LogP contribution in [-0.4, -0.2) is 60.5 Å². The topological polar surface area (TPSA) is 148 Å². The van der Waals surface area contributed by atoms with Gasteiger partial charge in [-0.15, -0.1) is 0 Å². The number of nitrogens with zero attached hydrogens (tertiary/aromatic N) is 2. The molecular formula is C53H64N2O10S. The maximum absolute atomic E-state index is 13.2. The SMILES string of the molecule is CCCCCCCOc1ccc(S(=O)(=O)c2ccc(OCCCCCCOC(=O)c3cc(OCCCCCCOc4ccc(/N=N/c5ccc(C)cc5)cc4)cc(C(=O)OC)c3)cc2)cc1. The molecule has 13 heteroatoms. The Morgan fingerprint density at radius 3 is 1.27 bits per heavy atom. The van der Waals surface area contributed by atoms with Crippen LogP contribution in [0.15, 0.2) is 135 Å². The van der Waals surface area contributed by atoms with Gasteiger partial charge >= 0.3 is 11.9 Å². The zero-order chi connectivity index (χ0) is 46.8. The highest BCUT2D eigenvalue weighted by molar-refractivity contribution is 7.91. The molecule has 0 heterocycles. The first kappa shape index (κ1) is 50.8. The number of methoxy groups -OCH3 is 1. The van der Waals surface area contributed by atoms with Crippen LogP contribution in [0.4, 0.5) is 11.4 Å². The summed E-state index contributed by atoms with van der Waals surface area (Å²) in [5, 5.41) is 8.56. The number of sulfone groups is 1. The monoisotopic (exact) mass is 920 g/mol. The van der Waals surface area contributed by atoms with E-state index in [2.05, 4.69) is 17.2 Å². The van der Waals surface area contributed by atoms with Gasteiger partial charge in [-0.3, -0.25) is 0 Å². The van der Waals surface area contributed by atoms with E-state index in [0.29, 0.717) is 50.1 Å².